The first kappa shape index (κ1) is 10.4. The molecule has 0 amide bonds. The van der Waals surface area contributed by atoms with Crippen molar-refractivity contribution in [1.29, 1.82) is 5.26 Å². The van der Waals surface area contributed by atoms with E-state index < -0.39 is 0 Å². The largest absolute Gasteiger partial charge is 0.240 e. The highest BCUT2D eigenvalue weighted by atomic mass is 15.2. The van der Waals surface area contributed by atoms with Crippen LogP contribution >= 0.6 is 0 Å². The molecule has 0 aliphatic carbocycles. The lowest BCUT2D eigenvalue weighted by Gasteiger charge is -1.99. The van der Waals surface area contributed by atoms with Gasteiger partial charge in [0.05, 0.1) is 28.9 Å². The van der Waals surface area contributed by atoms with E-state index >= 15 is 0 Å². The van der Waals surface area contributed by atoms with Gasteiger partial charge in [0, 0.05) is 18.1 Å². The van der Waals surface area contributed by atoms with Crippen molar-refractivity contribution in [3.05, 3.63) is 48.0 Å². The molecule has 0 unspecified atom stereocenters. The lowest BCUT2D eigenvalue weighted by atomic mass is 10.2. The van der Waals surface area contributed by atoms with Crippen molar-refractivity contribution in [2.75, 3.05) is 0 Å². The Morgan fingerprint density at radius 1 is 1.33 bits per heavy atom. The van der Waals surface area contributed by atoms with Crippen molar-refractivity contribution in [3.63, 3.8) is 0 Å². The van der Waals surface area contributed by atoms with Crippen LogP contribution in [0.3, 0.4) is 0 Å². The van der Waals surface area contributed by atoms with Gasteiger partial charge in [-0.2, -0.15) is 10.4 Å². The van der Waals surface area contributed by atoms with Crippen molar-refractivity contribution in [2.24, 2.45) is 0 Å². The molecular weight excluding hydrogens is 226 g/mol. The number of fused-ring (bicyclic) bond motifs is 1. The van der Waals surface area contributed by atoms with Crippen LogP contribution in [0.1, 0.15) is 11.3 Å². The molecule has 5 nitrogen and oxygen atoms in total. The molecule has 0 N–H and O–H groups in total. The molecule has 0 bridgehead atoms. The molecule has 0 aliphatic heterocycles. The maximum atomic E-state index is 8.93. The third kappa shape index (κ3) is 1.60. The van der Waals surface area contributed by atoms with Gasteiger partial charge in [-0.05, 0) is 25.1 Å². The molecule has 86 valence electrons. The summed E-state index contributed by atoms with van der Waals surface area (Å²) in [6.45, 7) is 1.91. The SMILES string of the molecule is Cc1ccnc(-c2cnn3ccc(C#N)cc23)n1. The van der Waals surface area contributed by atoms with Gasteiger partial charge in [0.1, 0.15) is 0 Å². The second-order valence-electron chi connectivity index (χ2n) is 3.94. The fourth-order valence-electron chi connectivity index (χ4n) is 1.80. The second-order valence-corrected chi connectivity index (χ2v) is 3.94. The minimum atomic E-state index is 0.594. The second kappa shape index (κ2) is 3.93. The summed E-state index contributed by atoms with van der Waals surface area (Å²) in [6.07, 6.45) is 5.19. The van der Waals surface area contributed by atoms with Gasteiger partial charge < -0.3 is 0 Å². The van der Waals surface area contributed by atoms with E-state index in [0.29, 0.717) is 11.4 Å². The highest BCUT2D eigenvalue weighted by Crippen LogP contribution is 2.21. The van der Waals surface area contributed by atoms with Crippen LogP contribution in [0, 0.1) is 18.3 Å². The highest BCUT2D eigenvalue weighted by Gasteiger charge is 2.09. The summed E-state index contributed by atoms with van der Waals surface area (Å²) in [5.74, 6) is 0.625. The van der Waals surface area contributed by atoms with Crippen molar-refractivity contribution in [1.82, 2.24) is 19.6 Å². The number of hydrogen-bond donors (Lipinski definition) is 0. The number of hydrogen-bond acceptors (Lipinski definition) is 4. The van der Waals surface area contributed by atoms with E-state index in [4.69, 9.17) is 5.26 Å². The highest BCUT2D eigenvalue weighted by molar-refractivity contribution is 5.76. The molecule has 3 aromatic rings. The van der Waals surface area contributed by atoms with E-state index in [-0.39, 0.29) is 0 Å². The number of rotatable bonds is 1. The van der Waals surface area contributed by atoms with E-state index in [9.17, 15) is 0 Å². The molecule has 0 saturated carbocycles. The molecule has 18 heavy (non-hydrogen) atoms. The number of aryl methyl sites for hydroxylation is 1. The predicted molar refractivity (Wildman–Crippen MR) is 65.7 cm³/mol. The Labute approximate surface area is 103 Å². The van der Waals surface area contributed by atoms with E-state index in [1.54, 1.807) is 35.2 Å². The monoisotopic (exact) mass is 235 g/mol. The molecule has 0 fully saturated rings. The number of pyridine rings is 1. The van der Waals surface area contributed by atoms with Gasteiger partial charge in [0.15, 0.2) is 5.82 Å². The lowest BCUT2D eigenvalue weighted by molar-refractivity contribution is 0.960. The summed E-state index contributed by atoms with van der Waals surface area (Å²) in [5, 5.41) is 13.2. The van der Waals surface area contributed by atoms with Gasteiger partial charge in [-0.3, -0.25) is 0 Å². The van der Waals surface area contributed by atoms with Crippen LogP contribution in [-0.4, -0.2) is 19.6 Å². The predicted octanol–water partition coefficient (Wildman–Crippen LogP) is 1.97. The quantitative estimate of drug-likeness (QED) is 0.646. The Kier molecular flexibility index (Phi) is 2.27. The van der Waals surface area contributed by atoms with Gasteiger partial charge in [0.2, 0.25) is 0 Å². The maximum Gasteiger partial charge on any atom is 0.163 e. The first-order chi connectivity index (χ1) is 8.78. The smallest absolute Gasteiger partial charge is 0.163 e. The zero-order valence-corrected chi connectivity index (χ0v) is 9.70. The number of nitriles is 1. The Bertz CT molecular complexity index is 766. The summed E-state index contributed by atoms with van der Waals surface area (Å²) < 4.78 is 1.71. The van der Waals surface area contributed by atoms with Crippen molar-refractivity contribution < 1.29 is 0 Å². The summed E-state index contributed by atoms with van der Waals surface area (Å²) in [4.78, 5) is 8.61. The van der Waals surface area contributed by atoms with Crippen molar-refractivity contribution >= 4 is 5.52 Å². The summed E-state index contributed by atoms with van der Waals surface area (Å²) in [5.41, 5.74) is 3.16. The average Bonchev–Trinajstić information content (AvgIpc) is 2.81. The Morgan fingerprint density at radius 2 is 2.22 bits per heavy atom. The standard InChI is InChI=1S/C13H9N5/c1-9-2-4-15-13(17-9)11-8-16-18-5-3-10(7-14)6-12(11)18/h2-6,8H,1H3. The van der Waals surface area contributed by atoms with Crippen molar-refractivity contribution in [3.8, 4) is 17.5 Å². The van der Waals surface area contributed by atoms with Crippen LogP contribution in [0.5, 0.6) is 0 Å². The Balaban J connectivity index is 2.27. The van der Waals surface area contributed by atoms with Crippen LogP contribution < -0.4 is 0 Å². The van der Waals surface area contributed by atoms with Gasteiger partial charge in [-0.25, -0.2) is 14.5 Å². The zero-order valence-electron chi connectivity index (χ0n) is 9.70. The van der Waals surface area contributed by atoms with Crippen LogP contribution in [0.2, 0.25) is 0 Å². The van der Waals surface area contributed by atoms with Crippen LogP contribution in [-0.2, 0) is 0 Å². The normalized spacial score (nSPS) is 10.4. The topological polar surface area (TPSA) is 66.9 Å². The first-order valence-corrected chi connectivity index (χ1v) is 5.45. The minimum absolute atomic E-state index is 0.594. The molecule has 5 heteroatoms. The molecular formula is C13H9N5. The molecule has 0 aliphatic rings. The van der Waals surface area contributed by atoms with Crippen LogP contribution in [0.15, 0.2) is 36.8 Å². The molecule has 0 atom stereocenters. The third-order valence-electron chi connectivity index (χ3n) is 2.69. The van der Waals surface area contributed by atoms with Gasteiger partial charge in [-0.1, -0.05) is 0 Å². The van der Waals surface area contributed by atoms with Crippen molar-refractivity contribution in [2.45, 2.75) is 6.92 Å². The zero-order chi connectivity index (χ0) is 12.5. The minimum Gasteiger partial charge on any atom is -0.240 e. The molecule has 3 aromatic heterocycles. The fraction of sp³-hybridized carbons (Fsp3) is 0.0769. The molecule has 0 spiro atoms. The summed E-state index contributed by atoms with van der Waals surface area (Å²) >= 11 is 0. The molecule has 0 radical (unpaired) electrons. The first-order valence-electron chi connectivity index (χ1n) is 5.45. The summed E-state index contributed by atoms with van der Waals surface area (Å²) in [6, 6.07) is 7.47. The van der Waals surface area contributed by atoms with E-state index in [1.807, 2.05) is 13.0 Å². The molecule has 3 rings (SSSR count). The third-order valence-corrected chi connectivity index (χ3v) is 2.69. The molecule has 0 aromatic carbocycles. The van der Waals surface area contributed by atoms with Gasteiger partial charge in [0.25, 0.3) is 0 Å². The van der Waals surface area contributed by atoms with E-state index in [2.05, 4.69) is 21.1 Å². The average molecular weight is 235 g/mol. The fourth-order valence-corrected chi connectivity index (χ4v) is 1.80. The van der Waals surface area contributed by atoms with E-state index in [1.165, 1.54) is 0 Å². The van der Waals surface area contributed by atoms with Gasteiger partial charge >= 0.3 is 0 Å². The summed E-state index contributed by atoms with van der Waals surface area (Å²) in [7, 11) is 0. The van der Waals surface area contributed by atoms with Gasteiger partial charge in [-0.15, -0.1) is 0 Å². The lowest BCUT2D eigenvalue weighted by Crippen LogP contribution is -1.91. The van der Waals surface area contributed by atoms with Crippen LogP contribution in [0.4, 0.5) is 0 Å². The number of nitrogens with zero attached hydrogens (tertiary/aromatic N) is 5. The van der Waals surface area contributed by atoms with Crippen LogP contribution in [0.25, 0.3) is 16.9 Å². The molecule has 0 saturated heterocycles. The Morgan fingerprint density at radius 3 is 3.00 bits per heavy atom. The Hall–Kier alpha value is -2.74. The maximum absolute atomic E-state index is 8.93. The van der Waals surface area contributed by atoms with E-state index in [0.717, 1.165) is 16.8 Å². The molecule has 3 heterocycles. The number of aromatic nitrogens is 4.